The second-order valence-corrected chi connectivity index (χ2v) is 25.9. The molecule has 0 atom stereocenters. The second kappa shape index (κ2) is 64.6. The first kappa shape index (κ1) is 107. The standard InChI is InChI=1S/C22H21N5O2.C15H17N3O2.C10H8ClN3O.C7H5ClN2.C5H9BrO.C5H9O.2C4H6O2.C4H8O.C2H4O.C2H3O.CH4.BrH.Fe.2Mg.2H/c1-2-4-19-18(3-1)26-22(27-19)25-16-5-7-17(8-6-16)29-21-20(23-11-12-24-21)15-9-13-28-14-10-15;16-12-1-3-13(4-2-12)20-15-14(17-7-8-18-15)11-5-9-19-10-6-11;11-9-10(14-6-5-13-9)15-8-3-1-7(12)2-4-8;8-7-9-5-3-1-2-4-6(5)10-7;6-5-1-3-7-4-2-5;1-2-4-6-5-3-1;2*1-3(5)4(2)6;1-2-4-5-3-1;2*1-2-3;;;;;;;/h1-8,11-12,15H,9-10,13-14H2,(H2,25,26,27);1-4,7-8,11H,5-6,9-10,16H2;1-6H,12H2;1-4H,(H,9,10);5H,1-4H2;1H,2-5H2;2*1-2H3;1-4H2;2H,1H3;1H3;1H4;1H;;;;;/q;;;;;-1;;;;;-1;;;;2*+2;2*-1/p-1. The third-order valence-corrected chi connectivity index (χ3v) is 16.7. The number of aromatic nitrogens is 10. The summed E-state index contributed by atoms with van der Waals surface area (Å²) in [6, 6.07) is 37.6. The van der Waals surface area contributed by atoms with E-state index in [1.807, 2.05) is 84.9 Å². The van der Waals surface area contributed by atoms with Crippen LogP contribution < -0.4 is 48.0 Å². The summed E-state index contributed by atoms with van der Waals surface area (Å²) >= 11 is 14.9. The number of Topliss-reactive ketones (excluding diaryl/α,β-unsaturated/α-hetero) is 4. The summed E-state index contributed by atoms with van der Waals surface area (Å²) in [6.45, 7) is 16.6. The van der Waals surface area contributed by atoms with Crippen molar-refractivity contribution in [3.63, 3.8) is 0 Å². The topological polar surface area (TPSA) is 375 Å². The number of nitrogens with zero attached hydrogens (tertiary/aromatic N) is 8. The molecule has 10 aromatic rings. The molecule has 0 radical (unpaired) electrons. The Morgan fingerprint density at radius 3 is 1.21 bits per heavy atom. The van der Waals surface area contributed by atoms with Crippen molar-refractivity contribution < 1.29 is 104 Å². The quantitative estimate of drug-likeness (QED) is 0.0189. The minimum absolute atomic E-state index is 0. The Kier molecular flexibility index (Phi) is 60.3. The summed E-state index contributed by atoms with van der Waals surface area (Å²) in [6.07, 6.45) is 25.3. The van der Waals surface area contributed by atoms with Gasteiger partial charge in [0, 0.05) is 182 Å². The van der Waals surface area contributed by atoms with Gasteiger partial charge in [-0.05, 0) is 167 Å². The maximum atomic E-state index is 9.79. The fourth-order valence-corrected chi connectivity index (χ4v) is 10.3. The first-order chi connectivity index (χ1) is 53.3. The number of carbonyl (C=O) groups excluding carboxylic acids is 6. The molecule has 5 aliphatic rings. The van der Waals surface area contributed by atoms with Crippen molar-refractivity contribution >= 4 is 166 Å². The van der Waals surface area contributed by atoms with Gasteiger partial charge in [-0.1, -0.05) is 59.2 Å². The van der Waals surface area contributed by atoms with Crippen LogP contribution in [-0.2, 0) is 69.5 Å². The van der Waals surface area contributed by atoms with Crippen molar-refractivity contribution in [3.05, 3.63) is 187 Å². The summed E-state index contributed by atoms with van der Waals surface area (Å²) in [5, 5.41) is 3.96. The fraction of sp³-hybridized carbons (Fsp3) is 0.370. The van der Waals surface area contributed by atoms with Crippen LogP contribution in [0.15, 0.2) is 159 Å². The predicted molar refractivity (Wildman–Crippen MR) is 449 cm³/mol. The van der Waals surface area contributed by atoms with Crippen molar-refractivity contribution in [2.75, 3.05) is 82.9 Å². The van der Waals surface area contributed by atoms with Crippen LogP contribution in [0.2, 0.25) is 10.4 Å². The van der Waals surface area contributed by atoms with Gasteiger partial charge in [0.2, 0.25) is 23.0 Å². The summed E-state index contributed by atoms with van der Waals surface area (Å²) in [4.78, 5) is 97.6. The van der Waals surface area contributed by atoms with E-state index in [2.05, 4.69) is 77.5 Å². The van der Waals surface area contributed by atoms with E-state index in [9.17, 15) is 19.2 Å². The molecular formula is C81H102Br2Cl2FeMg2N13O14-. The average molecular weight is 1820 g/mol. The van der Waals surface area contributed by atoms with E-state index >= 15 is 0 Å². The number of imidazole rings is 2. The molecular weight excluding hydrogens is 1710 g/mol. The molecule has 0 aliphatic carbocycles. The number of fused-ring (bicyclic) bond motifs is 2. The number of ketones is 4. The van der Waals surface area contributed by atoms with E-state index in [0.717, 1.165) is 155 Å². The van der Waals surface area contributed by atoms with Gasteiger partial charge in [-0.25, -0.2) is 29.9 Å². The zero-order valence-electron chi connectivity index (χ0n) is 66.8. The van der Waals surface area contributed by atoms with Crippen molar-refractivity contribution in [2.45, 2.75) is 130 Å². The minimum atomic E-state index is -0.380. The van der Waals surface area contributed by atoms with Crippen molar-refractivity contribution in [3.8, 4) is 34.9 Å². The molecule has 5 aromatic heterocycles. The van der Waals surface area contributed by atoms with Gasteiger partial charge >= 0.3 is 46.1 Å². The van der Waals surface area contributed by atoms with Gasteiger partial charge < -0.3 is 100 Å². The summed E-state index contributed by atoms with van der Waals surface area (Å²) in [5.41, 5.74) is 19.1. The zero-order chi connectivity index (χ0) is 79.5. The number of carbonyl (C=O) groups is 5. The number of rotatable bonds is 12. The third-order valence-electron chi connectivity index (χ3n) is 15.4. The number of H-pyrrole nitrogens is 2. The molecule has 0 spiro atoms. The van der Waals surface area contributed by atoms with Gasteiger partial charge in [-0.15, -0.1) is 0 Å². The summed E-state index contributed by atoms with van der Waals surface area (Å²) in [5.74, 6) is 3.33. The van der Waals surface area contributed by atoms with E-state index in [-0.39, 0.29) is 125 Å². The molecule has 5 saturated heterocycles. The summed E-state index contributed by atoms with van der Waals surface area (Å²) < 4.78 is 43.2. The van der Waals surface area contributed by atoms with Gasteiger partial charge in [0.15, 0.2) is 28.3 Å². The first-order valence-corrected chi connectivity index (χ1v) is 37.3. The molecule has 7 N–H and O–H groups in total. The molecule has 0 unspecified atom stereocenters. The van der Waals surface area contributed by atoms with Gasteiger partial charge in [0.05, 0.1) is 22.1 Å². The normalized spacial score (nSPS) is 13.6. The molecule has 616 valence electrons. The molecule has 0 saturated carbocycles. The number of benzene rings is 5. The van der Waals surface area contributed by atoms with Crippen molar-refractivity contribution in [1.29, 1.82) is 0 Å². The minimum Gasteiger partial charge on any atom is -1.00 e. The van der Waals surface area contributed by atoms with Crippen molar-refractivity contribution in [1.82, 2.24) is 49.8 Å². The number of para-hydroxylation sites is 4. The van der Waals surface area contributed by atoms with Crippen molar-refractivity contribution in [2.24, 2.45) is 0 Å². The molecule has 10 heterocycles. The SMILES string of the molecule is BrC1CCOCC1.C.C1CCOC1.CC(=O)C(C)=O.CC(=O)C(C)=O.CC=O.C[C-]=O.Clc1nc2ccccc2[nH]1.Nc1ccc(Oc2nccnc2C2CCOCC2)cc1.Nc1ccc(Oc2nccnc2Cl)cc1.[Br-].[CH-]1CCOCC1.[Fe].[H-].[H-].[Mg+2].[Mg+2].c1ccc2[nH]c(Nc3ccc(Oc4nccnc4C4CCOCC4)cc3)nc2c1. The van der Waals surface area contributed by atoms with E-state index in [1.165, 1.54) is 85.9 Å². The van der Waals surface area contributed by atoms with Crippen LogP contribution in [0.3, 0.4) is 0 Å². The van der Waals surface area contributed by atoms with E-state index in [4.69, 9.17) is 82.2 Å². The predicted octanol–water partition coefficient (Wildman–Crippen LogP) is 13.4. The maximum Gasteiger partial charge on any atom is 2.00 e. The van der Waals surface area contributed by atoms with Gasteiger partial charge in [-0.3, -0.25) is 35.4 Å². The summed E-state index contributed by atoms with van der Waals surface area (Å²) in [7, 11) is 0. The monoisotopic (exact) mass is 1810 g/mol. The number of ether oxygens (including phenoxy) is 8. The van der Waals surface area contributed by atoms with Gasteiger partial charge in [-0.2, -0.15) is 19.8 Å². The smallest absolute Gasteiger partial charge is 1.00 e. The van der Waals surface area contributed by atoms with Crippen LogP contribution in [0.4, 0.5) is 23.0 Å². The Morgan fingerprint density at radius 2 is 0.870 bits per heavy atom. The molecule has 27 nitrogen and oxygen atoms in total. The molecule has 5 aliphatic heterocycles. The Labute approximate surface area is 747 Å². The number of halogens is 4. The van der Waals surface area contributed by atoms with E-state index < -0.39 is 0 Å². The van der Waals surface area contributed by atoms with Crippen LogP contribution in [0.25, 0.3) is 22.1 Å². The number of anilines is 4. The van der Waals surface area contributed by atoms with E-state index in [1.54, 1.807) is 61.2 Å². The Bertz CT molecular complexity index is 4180. The Hall–Kier alpha value is -7.51. The van der Waals surface area contributed by atoms with Crippen LogP contribution in [0.1, 0.15) is 139 Å². The first-order valence-electron chi connectivity index (χ1n) is 35.6. The van der Waals surface area contributed by atoms with Crippen LogP contribution in [-0.4, -0.2) is 203 Å². The molecule has 34 heteroatoms. The van der Waals surface area contributed by atoms with Crippen LogP contribution in [0, 0.1) is 6.42 Å². The molecule has 5 fully saturated rings. The Morgan fingerprint density at radius 1 is 0.530 bits per heavy atom. The number of hydrogen-bond acceptors (Lipinski definition) is 25. The number of nitrogen functional groups attached to an aromatic ring is 2. The number of alkyl halides is 1. The number of hydrogen-bond donors (Lipinski definition) is 5. The zero-order valence-corrected chi connectivity index (χ0v) is 73.4. The maximum absolute atomic E-state index is 9.79. The Balaban J connectivity index is -0.00000131. The number of nitrogens with two attached hydrogens (primary N) is 2. The van der Waals surface area contributed by atoms with Gasteiger partial charge in [0.25, 0.3) is 5.88 Å². The largest absolute Gasteiger partial charge is 2.00 e. The molecule has 15 rings (SSSR count). The average Bonchev–Trinajstić information content (AvgIpc) is 1.40. The number of nitrogens with one attached hydrogen (secondary N) is 3. The van der Waals surface area contributed by atoms with Crippen LogP contribution >= 0.6 is 39.1 Å². The third kappa shape index (κ3) is 45.1. The fourth-order valence-electron chi connectivity index (χ4n) is 9.55. The van der Waals surface area contributed by atoms with Crippen LogP contribution in [0.5, 0.6) is 34.9 Å². The molecule has 0 bridgehead atoms. The number of aldehydes is 1. The van der Waals surface area contributed by atoms with Gasteiger partial charge in [0.1, 0.15) is 34.9 Å². The van der Waals surface area contributed by atoms with E-state index in [0.29, 0.717) is 63.5 Å². The molecule has 0 amide bonds. The molecule has 115 heavy (non-hydrogen) atoms. The molecule has 5 aromatic carbocycles. The second-order valence-electron chi connectivity index (χ2n) is 23.9. The number of aromatic amines is 2.